The first-order valence-electron chi connectivity index (χ1n) is 11.8. The summed E-state index contributed by atoms with van der Waals surface area (Å²) in [7, 11) is 1.56. The van der Waals surface area contributed by atoms with Crippen molar-refractivity contribution in [2.24, 2.45) is 5.92 Å². The molecule has 3 aromatic carbocycles. The fourth-order valence-electron chi connectivity index (χ4n) is 4.88. The monoisotopic (exact) mass is 564 g/mol. The molecule has 4 aromatic rings. The van der Waals surface area contributed by atoms with Gasteiger partial charge in [0.05, 0.1) is 23.7 Å². The van der Waals surface area contributed by atoms with Crippen LogP contribution in [0.4, 0.5) is 5.69 Å². The minimum absolute atomic E-state index is 0.206. The SMILES string of the molecule is COc1ccc(N2C(=O)[C@H]3[C@H](c4ccc(OCc5ccc(Cl)cc5)cc4)c4sc(=O)[nH]c4S[C@H]3C2=O)cc1. The maximum absolute atomic E-state index is 13.8. The molecule has 0 radical (unpaired) electrons. The summed E-state index contributed by atoms with van der Waals surface area (Å²) in [4.78, 5) is 44.3. The van der Waals surface area contributed by atoms with E-state index in [0.29, 0.717) is 33.8 Å². The number of aromatic amines is 1. The number of rotatable bonds is 6. The molecule has 2 aliphatic heterocycles. The molecular weight excluding hydrogens is 544 g/mol. The highest BCUT2D eigenvalue weighted by atomic mass is 35.5. The van der Waals surface area contributed by atoms with E-state index < -0.39 is 17.1 Å². The van der Waals surface area contributed by atoms with Crippen molar-refractivity contribution >= 4 is 52.2 Å². The summed E-state index contributed by atoms with van der Waals surface area (Å²) in [6.45, 7) is 0.384. The quantitative estimate of drug-likeness (QED) is 0.312. The summed E-state index contributed by atoms with van der Waals surface area (Å²) >= 11 is 8.30. The number of anilines is 1. The molecule has 38 heavy (non-hydrogen) atoms. The minimum atomic E-state index is -0.645. The molecule has 1 aromatic heterocycles. The lowest BCUT2D eigenvalue weighted by molar-refractivity contribution is -0.122. The number of carbonyl (C=O) groups is 2. The number of hydrogen-bond donors (Lipinski definition) is 1. The fourth-order valence-corrected chi connectivity index (χ4v) is 7.52. The average molecular weight is 565 g/mol. The van der Waals surface area contributed by atoms with Gasteiger partial charge < -0.3 is 14.5 Å². The lowest BCUT2D eigenvalue weighted by Gasteiger charge is -2.29. The third-order valence-corrected chi connectivity index (χ3v) is 9.37. The van der Waals surface area contributed by atoms with Crippen LogP contribution in [0.1, 0.15) is 21.9 Å². The minimum Gasteiger partial charge on any atom is -0.497 e. The van der Waals surface area contributed by atoms with Gasteiger partial charge in [0.2, 0.25) is 11.8 Å². The second-order valence-corrected chi connectivity index (χ2v) is 11.5. The van der Waals surface area contributed by atoms with Crippen molar-refractivity contribution in [3.63, 3.8) is 0 Å². The van der Waals surface area contributed by atoms with Crippen LogP contribution in [-0.4, -0.2) is 29.2 Å². The Hall–Kier alpha value is -3.53. The molecule has 2 amide bonds. The average Bonchev–Trinajstić information content (AvgIpc) is 3.43. The molecule has 0 bridgehead atoms. The Morgan fingerprint density at radius 1 is 0.895 bits per heavy atom. The number of benzene rings is 3. The van der Waals surface area contributed by atoms with Crippen LogP contribution in [0, 0.1) is 5.92 Å². The number of nitrogens with zero attached hydrogens (tertiary/aromatic N) is 1. The molecule has 0 saturated carbocycles. The maximum atomic E-state index is 13.8. The van der Waals surface area contributed by atoms with Crippen LogP contribution in [0.15, 0.2) is 82.6 Å². The number of imide groups is 1. The predicted octanol–water partition coefficient (Wildman–Crippen LogP) is 5.47. The summed E-state index contributed by atoms with van der Waals surface area (Å²) < 4.78 is 11.1. The van der Waals surface area contributed by atoms with Crippen molar-refractivity contribution in [3.05, 3.63) is 103 Å². The summed E-state index contributed by atoms with van der Waals surface area (Å²) in [5.41, 5.74) is 2.33. The molecule has 1 N–H and O–H groups in total. The number of hydrogen-bond acceptors (Lipinski definition) is 7. The van der Waals surface area contributed by atoms with Gasteiger partial charge in [0.15, 0.2) is 0 Å². The molecule has 3 atom stereocenters. The molecule has 0 aliphatic carbocycles. The van der Waals surface area contributed by atoms with Crippen LogP contribution < -0.4 is 19.2 Å². The first-order chi connectivity index (χ1) is 18.4. The van der Waals surface area contributed by atoms with Gasteiger partial charge in [-0.1, -0.05) is 59.0 Å². The molecule has 0 spiro atoms. The molecule has 10 heteroatoms. The zero-order chi connectivity index (χ0) is 26.4. The number of fused-ring (bicyclic) bond motifs is 2. The Morgan fingerprint density at radius 3 is 2.26 bits per heavy atom. The van der Waals surface area contributed by atoms with Crippen molar-refractivity contribution in [3.8, 4) is 11.5 Å². The van der Waals surface area contributed by atoms with Gasteiger partial charge in [-0.3, -0.25) is 14.4 Å². The smallest absolute Gasteiger partial charge is 0.305 e. The number of thioether (sulfide) groups is 1. The highest BCUT2D eigenvalue weighted by Gasteiger charge is 2.56. The van der Waals surface area contributed by atoms with Crippen LogP contribution in [0.25, 0.3) is 0 Å². The molecule has 7 nitrogen and oxygen atoms in total. The van der Waals surface area contributed by atoms with Crippen molar-refractivity contribution in [1.82, 2.24) is 4.98 Å². The predicted molar refractivity (Wildman–Crippen MR) is 148 cm³/mol. The summed E-state index contributed by atoms with van der Waals surface area (Å²) in [5.74, 6) is -0.352. The summed E-state index contributed by atoms with van der Waals surface area (Å²) in [5, 5.41) is 0.666. The normalized spacial score (nSPS) is 20.3. The number of aromatic nitrogens is 1. The van der Waals surface area contributed by atoms with Crippen molar-refractivity contribution in [2.75, 3.05) is 12.0 Å². The van der Waals surface area contributed by atoms with Gasteiger partial charge in [-0.2, -0.15) is 0 Å². The van der Waals surface area contributed by atoms with Crippen LogP contribution in [0.2, 0.25) is 5.02 Å². The van der Waals surface area contributed by atoms with E-state index in [1.807, 2.05) is 48.5 Å². The first kappa shape index (κ1) is 24.8. The highest BCUT2D eigenvalue weighted by Crippen LogP contribution is 2.53. The zero-order valence-corrected chi connectivity index (χ0v) is 22.4. The van der Waals surface area contributed by atoms with Crippen LogP contribution in [-0.2, 0) is 16.2 Å². The lowest BCUT2D eigenvalue weighted by atomic mass is 9.83. The molecule has 6 rings (SSSR count). The van der Waals surface area contributed by atoms with E-state index in [-0.39, 0.29) is 16.7 Å². The Bertz CT molecular complexity index is 1560. The van der Waals surface area contributed by atoms with Crippen LogP contribution >= 0.6 is 34.7 Å². The molecule has 2 aliphatic rings. The van der Waals surface area contributed by atoms with Gasteiger partial charge in [0.25, 0.3) is 0 Å². The number of H-pyrrole nitrogens is 1. The second kappa shape index (κ2) is 9.98. The number of carbonyl (C=O) groups excluding carboxylic acids is 2. The standard InChI is InChI=1S/C28H21ClN2O5S2/c1-35-19-12-8-18(9-13-19)31-26(32)22-21(23-25(30-28(34)38-23)37-24(22)27(31)33)16-4-10-20(11-5-16)36-14-15-2-6-17(29)7-3-15/h2-13,21-22,24H,14H2,1H3,(H,30,34)/t21-,22-,24+/m0/s1. The van der Waals surface area contributed by atoms with E-state index in [0.717, 1.165) is 27.3 Å². The van der Waals surface area contributed by atoms with Crippen LogP contribution in [0.3, 0.4) is 0 Å². The Kier molecular flexibility index (Phi) is 6.51. The second-order valence-electron chi connectivity index (χ2n) is 8.94. The topological polar surface area (TPSA) is 88.7 Å². The van der Waals surface area contributed by atoms with Gasteiger partial charge in [-0.15, -0.1) is 0 Å². The molecule has 192 valence electrons. The van der Waals surface area contributed by atoms with Crippen molar-refractivity contribution < 1.29 is 19.1 Å². The number of halogens is 1. The zero-order valence-electron chi connectivity index (χ0n) is 20.1. The number of ether oxygens (including phenoxy) is 2. The number of nitrogens with one attached hydrogen (secondary N) is 1. The third kappa shape index (κ3) is 4.40. The van der Waals surface area contributed by atoms with Crippen LogP contribution in [0.5, 0.6) is 11.5 Å². The Labute approximate surface area is 231 Å². The first-order valence-corrected chi connectivity index (χ1v) is 13.9. The van der Waals surface area contributed by atoms with Gasteiger partial charge >= 0.3 is 4.87 Å². The Morgan fingerprint density at radius 2 is 1.58 bits per heavy atom. The maximum Gasteiger partial charge on any atom is 0.305 e. The number of thiazole rings is 1. The highest BCUT2D eigenvalue weighted by molar-refractivity contribution is 8.00. The van der Waals surface area contributed by atoms with E-state index >= 15 is 0 Å². The number of amides is 2. The third-order valence-electron chi connectivity index (χ3n) is 6.71. The van der Waals surface area contributed by atoms with E-state index in [2.05, 4.69) is 4.98 Å². The molecular formula is C28H21ClN2O5S2. The van der Waals surface area contributed by atoms with Gasteiger partial charge in [-0.25, -0.2) is 4.90 Å². The van der Waals surface area contributed by atoms with Gasteiger partial charge in [0, 0.05) is 15.8 Å². The van der Waals surface area contributed by atoms with E-state index in [1.54, 1.807) is 31.4 Å². The van der Waals surface area contributed by atoms with Crippen molar-refractivity contribution in [2.45, 2.75) is 22.8 Å². The molecule has 3 heterocycles. The lowest BCUT2D eigenvalue weighted by Crippen LogP contribution is -2.32. The Balaban J connectivity index is 1.31. The van der Waals surface area contributed by atoms with E-state index in [9.17, 15) is 14.4 Å². The molecule has 1 fully saturated rings. The summed E-state index contributed by atoms with van der Waals surface area (Å²) in [6.07, 6.45) is 0. The van der Waals surface area contributed by atoms with Gasteiger partial charge in [0.1, 0.15) is 23.4 Å². The van der Waals surface area contributed by atoms with E-state index in [4.69, 9.17) is 21.1 Å². The fraction of sp³-hybridized carbons (Fsp3) is 0.179. The largest absolute Gasteiger partial charge is 0.497 e. The molecule has 1 saturated heterocycles. The van der Waals surface area contributed by atoms with E-state index in [1.165, 1.54) is 16.7 Å². The number of methoxy groups -OCH3 is 1. The molecule has 0 unspecified atom stereocenters. The van der Waals surface area contributed by atoms with Crippen molar-refractivity contribution in [1.29, 1.82) is 0 Å². The summed E-state index contributed by atoms with van der Waals surface area (Å²) in [6, 6.07) is 21.8. The van der Waals surface area contributed by atoms with Gasteiger partial charge in [-0.05, 0) is 59.7 Å².